The fraction of sp³-hybridized carbons (Fsp3) is 0.880. The zero-order valence-corrected chi connectivity index (χ0v) is 20.2. The first-order valence-electron chi connectivity index (χ1n) is 13.1. The number of ether oxygens (including phenoxy) is 1. The lowest BCUT2D eigenvalue weighted by Crippen LogP contribution is -2.57. The molecule has 4 fully saturated rings. The van der Waals surface area contributed by atoms with Crippen LogP contribution in [0.1, 0.15) is 84.0 Å². The molecule has 3 N–H and O–H groups in total. The molecule has 3 amide bonds. The Kier molecular flexibility index (Phi) is 7.34. The van der Waals surface area contributed by atoms with Crippen molar-refractivity contribution in [3.8, 4) is 0 Å². The Bertz CT molecular complexity index is 754. The fourth-order valence-corrected chi connectivity index (χ4v) is 7.09. The Morgan fingerprint density at radius 3 is 2.48 bits per heavy atom. The molecule has 1 spiro atoms. The lowest BCUT2D eigenvalue weighted by Gasteiger charge is -2.35. The van der Waals surface area contributed by atoms with Crippen molar-refractivity contribution in [1.29, 1.82) is 0 Å². The Labute approximate surface area is 197 Å². The van der Waals surface area contributed by atoms with Crippen LogP contribution < -0.4 is 10.6 Å². The number of nitrogens with zero attached hydrogens (tertiary/aromatic N) is 1. The van der Waals surface area contributed by atoms with E-state index in [4.69, 9.17) is 9.84 Å². The number of amides is 3. The van der Waals surface area contributed by atoms with Gasteiger partial charge in [-0.1, -0.05) is 39.0 Å². The molecular weight excluding hydrogens is 422 g/mol. The first-order valence-corrected chi connectivity index (χ1v) is 13.1. The van der Waals surface area contributed by atoms with Gasteiger partial charge < -0.3 is 25.4 Å². The van der Waals surface area contributed by atoms with Crippen LogP contribution in [0, 0.1) is 11.8 Å². The molecule has 33 heavy (non-hydrogen) atoms. The minimum atomic E-state index is -0.923. The molecule has 1 saturated carbocycles. The summed E-state index contributed by atoms with van der Waals surface area (Å²) in [7, 11) is 1.61. The van der Waals surface area contributed by atoms with Gasteiger partial charge in [0.05, 0.1) is 17.4 Å². The average Bonchev–Trinajstić information content (AvgIpc) is 3.43. The molecule has 0 radical (unpaired) electrons. The predicted molar refractivity (Wildman–Crippen MR) is 123 cm³/mol. The molecule has 3 aliphatic heterocycles. The normalized spacial score (nSPS) is 35.7. The topological polar surface area (TPSA) is 108 Å². The van der Waals surface area contributed by atoms with E-state index in [0.29, 0.717) is 25.8 Å². The first kappa shape index (κ1) is 24.5. The number of rotatable bonds is 10. The highest BCUT2D eigenvalue weighted by atomic mass is 16.5. The molecule has 4 aliphatic rings. The highest BCUT2D eigenvalue weighted by Gasteiger charge is 2.78. The number of nitrogens with one attached hydrogen (secondary N) is 2. The number of likely N-dealkylation sites (tertiary alicyclic amines) is 1. The van der Waals surface area contributed by atoms with E-state index < -0.39 is 29.1 Å². The second-order valence-electron chi connectivity index (χ2n) is 10.5. The minimum Gasteiger partial charge on any atom is -0.396 e. The minimum absolute atomic E-state index is 0.107. The summed E-state index contributed by atoms with van der Waals surface area (Å²) >= 11 is 0. The van der Waals surface area contributed by atoms with Crippen LogP contribution in [0.2, 0.25) is 0 Å². The number of unbranched alkanes of at least 4 members (excludes halogenated alkanes) is 3. The van der Waals surface area contributed by atoms with Crippen molar-refractivity contribution < 1.29 is 24.2 Å². The van der Waals surface area contributed by atoms with E-state index in [9.17, 15) is 14.4 Å². The van der Waals surface area contributed by atoms with Crippen LogP contribution in [0.4, 0.5) is 0 Å². The van der Waals surface area contributed by atoms with E-state index in [-0.39, 0.29) is 30.4 Å². The van der Waals surface area contributed by atoms with Crippen molar-refractivity contribution >= 4 is 17.7 Å². The van der Waals surface area contributed by atoms with E-state index in [0.717, 1.165) is 51.4 Å². The maximum atomic E-state index is 13.8. The molecular formula is C25H41N3O5. The molecule has 4 rings (SSSR count). The van der Waals surface area contributed by atoms with E-state index in [1.807, 2.05) is 6.92 Å². The molecule has 1 aliphatic carbocycles. The molecule has 5 atom stereocenters. The van der Waals surface area contributed by atoms with Gasteiger partial charge in [0.2, 0.25) is 17.7 Å². The third-order valence-electron chi connectivity index (χ3n) is 8.72. The predicted octanol–water partition coefficient (Wildman–Crippen LogP) is 1.89. The maximum Gasteiger partial charge on any atom is 0.246 e. The fourth-order valence-electron chi connectivity index (χ4n) is 7.09. The Hall–Kier alpha value is -1.67. The summed E-state index contributed by atoms with van der Waals surface area (Å²) in [5.41, 5.74) is -1.59. The summed E-state index contributed by atoms with van der Waals surface area (Å²) in [5, 5.41) is 15.1. The number of aliphatic hydroxyl groups excluding tert-OH is 1. The van der Waals surface area contributed by atoms with Crippen LogP contribution in [-0.4, -0.2) is 71.2 Å². The van der Waals surface area contributed by atoms with Gasteiger partial charge in [0.25, 0.3) is 0 Å². The SMILES string of the molecule is CC[C@@]12CCC3(O1)C(C(=O)NC1CCCCC1)N(CCCCCCO)C(=O)[C@@H]3[C@@H]2C(=O)NC. The van der Waals surface area contributed by atoms with E-state index in [1.165, 1.54) is 6.42 Å². The van der Waals surface area contributed by atoms with Crippen LogP contribution in [0.5, 0.6) is 0 Å². The molecule has 3 saturated heterocycles. The number of hydrogen-bond donors (Lipinski definition) is 3. The van der Waals surface area contributed by atoms with Gasteiger partial charge in [-0.3, -0.25) is 14.4 Å². The van der Waals surface area contributed by atoms with Gasteiger partial charge in [-0.15, -0.1) is 0 Å². The highest BCUT2D eigenvalue weighted by molar-refractivity contribution is 5.99. The van der Waals surface area contributed by atoms with E-state index >= 15 is 0 Å². The van der Waals surface area contributed by atoms with Crippen molar-refractivity contribution in [3.05, 3.63) is 0 Å². The Morgan fingerprint density at radius 1 is 1.09 bits per heavy atom. The second-order valence-corrected chi connectivity index (χ2v) is 10.5. The molecule has 8 nitrogen and oxygen atoms in total. The van der Waals surface area contributed by atoms with Gasteiger partial charge in [-0.25, -0.2) is 0 Å². The van der Waals surface area contributed by atoms with E-state index in [2.05, 4.69) is 10.6 Å². The molecule has 0 aromatic carbocycles. The van der Waals surface area contributed by atoms with Crippen LogP contribution >= 0.6 is 0 Å². The van der Waals surface area contributed by atoms with Crippen LogP contribution in [-0.2, 0) is 19.1 Å². The van der Waals surface area contributed by atoms with Crippen molar-refractivity contribution in [2.75, 3.05) is 20.2 Å². The molecule has 0 aromatic heterocycles. The zero-order chi connectivity index (χ0) is 23.6. The van der Waals surface area contributed by atoms with Crippen molar-refractivity contribution in [2.45, 2.75) is 107 Å². The average molecular weight is 464 g/mol. The third kappa shape index (κ3) is 4.07. The lowest BCUT2D eigenvalue weighted by atomic mass is 9.65. The first-order chi connectivity index (χ1) is 15.9. The maximum absolute atomic E-state index is 13.8. The van der Waals surface area contributed by atoms with Crippen molar-refractivity contribution in [3.63, 3.8) is 0 Å². The lowest BCUT2D eigenvalue weighted by molar-refractivity contribution is -0.148. The van der Waals surface area contributed by atoms with Gasteiger partial charge >= 0.3 is 0 Å². The largest absolute Gasteiger partial charge is 0.396 e. The summed E-state index contributed by atoms with van der Waals surface area (Å²) in [4.78, 5) is 42.3. The van der Waals surface area contributed by atoms with Crippen LogP contribution in [0.25, 0.3) is 0 Å². The van der Waals surface area contributed by atoms with Gasteiger partial charge in [0, 0.05) is 26.2 Å². The van der Waals surface area contributed by atoms with Crippen LogP contribution in [0.15, 0.2) is 0 Å². The zero-order valence-electron chi connectivity index (χ0n) is 20.2. The van der Waals surface area contributed by atoms with Gasteiger partial charge in [0.15, 0.2) is 0 Å². The van der Waals surface area contributed by atoms with Gasteiger partial charge in [-0.2, -0.15) is 0 Å². The monoisotopic (exact) mass is 463 g/mol. The summed E-state index contributed by atoms with van der Waals surface area (Å²) in [5.74, 6) is -1.54. The summed E-state index contributed by atoms with van der Waals surface area (Å²) in [6, 6.07) is -0.533. The van der Waals surface area contributed by atoms with E-state index in [1.54, 1.807) is 11.9 Å². The summed E-state index contributed by atoms with van der Waals surface area (Å²) in [6.45, 7) is 2.66. The molecule has 2 bridgehead atoms. The van der Waals surface area contributed by atoms with Crippen molar-refractivity contribution in [1.82, 2.24) is 15.5 Å². The molecule has 8 heteroatoms. The number of aliphatic hydroxyl groups is 1. The second kappa shape index (κ2) is 9.90. The molecule has 3 heterocycles. The quantitative estimate of drug-likeness (QED) is 0.429. The molecule has 0 aromatic rings. The van der Waals surface area contributed by atoms with Gasteiger partial charge in [0.1, 0.15) is 11.6 Å². The summed E-state index contributed by atoms with van der Waals surface area (Å²) in [6.07, 6.45) is 10.7. The highest BCUT2D eigenvalue weighted by Crippen LogP contribution is 2.64. The van der Waals surface area contributed by atoms with Crippen molar-refractivity contribution in [2.24, 2.45) is 11.8 Å². The van der Waals surface area contributed by atoms with Gasteiger partial charge in [-0.05, 0) is 44.9 Å². The standard InChI is InChI=1S/C25H41N3O5/c1-3-24-13-14-25(33-24)19(18(24)21(30)26-2)23(32)28(15-9-4-5-10-16-29)20(25)22(31)27-17-11-7-6-8-12-17/h17-20,29H,3-16H2,1-2H3,(H,26,30)(H,27,31)/t18-,19+,20?,24+,25?/m1/s1. The number of fused-ring (bicyclic) bond motifs is 1. The molecule has 2 unspecified atom stereocenters. The number of hydrogen-bond acceptors (Lipinski definition) is 5. The number of carbonyl (C=O) groups is 3. The van der Waals surface area contributed by atoms with Crippen LogP contribution in [0.3, 0.4) is 0 Å². The third-order valence-corrected chi connectivity index (χ3v) is 8.72. The summed E-state index contributed by atoms with van der Waals surface area (Å²) < 4.78 is 6.71. The smallest absolute Gasteiger partial charge is 0.246 e. The molecule has 186 valence electrons. The number of carbonyl (C=O) groups excluding carboxylic acids is 3. The Morgan fingerprint density at radius 2 is 1.82 bits per heavy atom. The Balaban J connectivity index is 1.62.